The zero-order valence-electron chi connectivity index (χ0n) is 11.9. The number of anilines is 1. The fraction of sp³-hybridized carbons (Fsp3) is 0.600. The lowest BCUT2D eigenvalue weighted by molar-refractivity contribution is 0.0343. The van der Waals surface area contributed by atoms with Gasteiger partial charge in [0, 0.05) is 19.3 Å². The van der Waals surface area contributed by atoms with E-state index in [1.54, 1.807) is 7.11 Å². The molecule has 0 saturated heterocycles. The molecule has 2 rings (SSSR count). The maximum absolute atomic E-state index is 9.25. The van der Waals surface area contributed by atoms with Gasteiger partial charge in [-0.3, -0.25) is 0 Å². The van der Waals surface area contributed by atoms with Crippen molar-refractivity contribution in [1.29, 1.82) is 5.26 Å². The minimum Gasteiger partial charge on any atom is -0.377 e. The quantitative estimate of drug-likeness (QED) is 0.903. The zero-order valence-corrected chi connectivity index (χ0v) is 11.9. The van der Waals surface area contributed by atoms with Crippen molar-refractivity contribution in [3.8, 4) is 6.07 Å². The van der Waals surface area contributed by atoms with Crippen molar-refractivity contribution >= 4 is 5.82 Å². The molecule has 0 radical (unpaired) electrons. The van der Waals surface area contributed by atoms with E-state index in [9.17, 15) is 5.26 Å². The van der Waals surface area contributed by atoms with E-state index in [-0.39, 0.29) is 5.60 Å². The smallest absolute Gasteiger partial charge is 0.144 e. The van der Waals surface area contributed by atoms with Crippen LogP contribution in [-0.2, 0) is 17.6 Å². The van der Waals surface area contributed by atoms with Gasteiger partial charge in [-0.1, -0.05) is 0 Å². The van der Waals surface area contributed by atoms with Crippen molar-refractivity contribution in [1.82, 2.24) is 4.98 Å². The molecule has 1 heterocycles. The van der Waals surface area contributed by atoms with Crippen molar-refractivity contribution in [2.75, 3.05) is 19.0 Å². The Hall–Kier alpha value is -1.60. The lowest BCUT2D eigenvalue weighted by Crippen LogP contribution is -2.32. The monoisotopic (exact) mass is 259 g/mol. The van der Waals surface area contributed by atoms with Gasteiger partial charge in [0.05, 0.1) is 11.2 Å². The summed E-state index contributed by atoms with van der Waals surface area (Å²) in [7, 11) is 1.69. The highest BCUT2D eigenvalue weighted by atomic mass is 16.5. The second-order valence-corrected chi connectivity index (χ2v) is 5.63. The third-order valence-corrected chi connectivity index (χ3v) is 3.66. The van der Waals surface area contributed by atoms with Crippen LogP contribution in [0.3, 0.4) is 0 Å². The first kappa shape index (κ1) is 13.8. The van der Waals surface area contributed by atoms with Crippen LogP contribution >= 0.6 is 0 Å². The van der Waals surface area contributed by atoms with Crippen LogP contribution in [0.1, 0.15) is 43.5 Å². The van der Waals surface area contributed by atoms with E-state index >= 15 is 0 Å². The van der Waals surface area contributed by atoms with Gasteiger partial charge >= 0.3 is 0 Å². The Morgan fingerprint density at radius 3 is 2.84 bits per heavy atom. The molecule has 1 N–H and O–H groups in total. The fourth-order valence-corrected chi connectivity index (χ4v) is 2.22. The Labute approximate surface area is 114 Å². The maximum Gasteiger partial charge on any atom is 0.144 e. The number of rotatable bonds is 4. The van der Waals surface area contributed by atoms with E-state index in [2.05, 4.69) is 16.4 Å². The van der Waals surface area contributed by atoms with Crippen LogP contribution in [0.25, 0.3) is 0 Å². The largest absolute Gasteiger partial charge is 0.377 e. The Balaban J connectivity index is 2.22. The zero-order chi connectivity index (χ0) is 13.9. The molecule has 0 spiro atoms. The summed E-state index contributed by atoms with van der Waals surface area (Å²) in [6.45, 7) is 4.64. The van der Waals surface area contributed by atoms with Crippen molar-refractivity contribution in [2.45, 2.75) is 45.1 Å². The lowest BCUT2D eigenvalue weighted by atomic mass is 9.95. The van der Waals surface area contributed by atoms with Gasteiger partial charge in [-0.2, -0.15) is 5.26 Å². The van der Waals surface area contributed by atoms with Gasteiger partial charge in [-0.05, 0) is 51.2 Å². The van der Waals surface area contributed by atoms with E-state index < -0.39 is 0 Å². The first-order valence-corrected chi connectivity index (χ1v) is 6.77. The minimum atomic E-state index is -0.274. The van der Waals surface area contributed by atoms with Crippen LogP contribution in [0.15, 0.2) is 6.07 Å². The molecule has 0 aliphatic heterocycles. The standard InChI is InChI=1S/C15H21N3O/c1-15(2,19-3)10-17-14-12(9-16)8-11-6-4-5-7-13(11)18-14/h8H,4-7,10H2,1-3H3,(H,17,18). The lowest BCUT2D eigenvalue weighted by Gasteiger charge is -2.24. The van der Waals surface area contributed by atoms with Gasteiger partial charge in [0.2, 0.25) is 0 Å². The predicted molar refractivity (Wildman–Crippen MR) is 75.2 cm³/mol. The average molecular weight is 259 g/mol. The number of fused-ring (bicyclic) bond motifs is 1. The normalized spacial score (nSPS) is 14.6. The number of nitriles is 1. The number of hydrogen-bond acceptors (Lipinski definition) is 4. The van der Waals surface area contributed by atoms with Crippen LogP contribution in [0.2, 0.25) is 0 Å². The van der Waals surface area contributed by atoms with Gasteiger partial charge in [-0.15, -0.1) is 0 Å². The maximum atomic E-state index is 9.25. The predicted octanol–water partition coefficient (Wildman–Crippen LogP) is 2.67. The number of pyridine rings is 1. The number of methoxy groups -OCH3 is 1. The van der Waals surface area contributed by atoms with Crippen LogP contribution in [0, 0.1) is 11.3 Å². The Bertz CT molecular complexity index is 503. The molecule has 0 atom stereocenters. The highest BCUT2D eigenvalue weighted by molar-refractivity contribution is 5.54. The Morgan fingerprint density at radius 1 is 1.42 bits per heavy atom. The molecule has 0 unspecified atom stereocenters. The van der Waals surface area contributed by atoms with Gasteiger partial charge < -0.3 is 10.1 Å². The highest BCUT2D eigenvalue weighted by Crippen LogP contribution is 2.24. The van der Waals surface area contributed by atoms with Crippen molar-refractivity contribution in [3.05, 3.63) is 22.9 Å². The molecule has 0 fully saturated rings. The topological polar surface area (TPSA) is 57.9 Å². The van der Waals surface area contributed by atoms with Gasteiger partial charge in [-0.25, -0.2) is 4.98 Å². The highest BCUT2D eigenvalue weighted by Gasteiger charge is 2.19. The summed E-state index contributed by atoms with van der Waals surface area (Å²) in [6.07, 6.45) is 4.45. The van der Waals surface area contributed by atoms with Crippen molar-refractivity contribution < 1.29 is 4.74 Å². The molecule has 1 aliphatic carbocycles. The minimum absolute atomic E-state index is 0.274. The van der Waals surface area contributed by atoms with Crippen molar-refractivity contribution in [3.63, 3.8) is 0 Å². The molecule has 102 valence electrons. The molecule has 1 aromatic heterocycles. The summed E-state index contributed by atoms with van der Waals surface area (Å²) in [5.41, 5.74) is 2.74. The summed E-state index contributed by atoms with van der Waals surface area (Å²) in [5, 5.41) is 12.5. The number of nitrogens with one attached hydrogen (secondary N) is 1. The molecule has 4 nitrogen and oxygen atoms in total. The van der Waals surface area contributed by atoms with Gasteiger partial charge in [0.25, 0.3) is 0 Å². The first-order valence-electron chi connectivity index (χ1n) is 6.77. The van der Waals surface area contributed by atoms with Gasteiger partial charge in [0.1, 0.15) is 11.9 Å². The first-order chi connectivity index (χ1) is 9.05. The van der Waals surface area contributed by atoms with Gasteiger partial charge in [0.15, 0.2) is 0 Å². The molecule has 0 aromatic carbocycles. The number of hydrogen-bond donors (Lipinski definition) is 1. The summed E-state index contributed by atoms with van der Waals surface area (Å²) in [5.74, 6) is 0.688. The summed E-state index contributed by atoms with van der Waals surface area (Å²) in [6, 6.07) is 4.22. The molecule has 19 heavy (non-hydrogen) atoms. The van der Waals surface area contributed by atoms with E-state index in [0.29, 0.717) is 17.9 Å². The number of nitrogens with zero attached hydrogens (tertiary/aromatic N) is 2. The molecule has 4 heteroatoms. The van der Waals surface area contributed by atoms with Crippen LogP contribution in [0.5, 0.6) is 0 Å². The number of aryl methyl sites for hydroxylation is 2. The summed E-state index contributed by atoms with van der Waals surface area (Å²) in [4.78, 5) is 4.63. The van der Waals surface area contributed by atoms with Crippen LogP contribution in [-0.4, -0.2) is 24.2 Å². The molecule has 0 amide bonds. The Morgan fingerprint density at radius 2 is 2.16 bits per heavy atom. The fourth-order valence-electron chi connectivity index (χ4n) is 2.22. The van der Waals surface area contributed by atoms with Crippen LogP contribution < -0.4 is 5.32 Å². The molecule has 1 aromatic rings. The van der Waals surface area contributed by atoms with E-state index in [4.69, 9.17) is 4.74 Å². The van der Waals surface area contributed by atoms with Crippen LogP contribution in [0.4, 0.5) is 5.82 Å². The average Bonchev–Trinajstić information content (AvgIpc) is 2.44. The second kappa shape index (κ2) is 5.58. The Kier molecular flexibility index (Phi) is 4.06. The van der Waals surface area contributed by atoms with E-state index in [0.717, 1.165) is 18.5 Å². The molecule has 1 aliphatic rings. The SMILES string of the molecule is COC(C)(C)CNc1nc2c(cc1C#N)CCCC2. The number of ether oxygens (including phenoxy) is 1. The summed E-state index contributed by atoms with van der Waals surface area (Å²) >= 11 is 0. The third kappa shape index (κ3) is 3.24. The van der Waals surface area contributed by atoms with E-state index in [1.807, 2.05) is 19.9 Å². The van der Waals surface area contributed by atoms with Crippen molar-refractivity contribution in [2.24, 2.45) is 0 Å². The van der Waals surface area contributed by atoms with E-state index in [1.165, 1.54) is 18.4 Å². The third-order valence-electron chi connectivity index (χ3n) is 3.66. The summed E-state index contributed by atoms with van der Waals surface area (Å²) < 4.78 is 5.37. The molecular formula is C15H21N3O. The molecule has 0 saturated carbocycles. The molecular weight excluding hydrogens is 238 g/mol. The number of aromatic nitrogens is 1. The molecule has 0 bridgehead atoms. The second-order valence-electron chi connectivity index (χ2n) is 5.63.